The van der Waals surface area contributed by atoms with E-state index in [9.17, 15) is 4.79 Å². The Hall–Kier alpha value is -1.19. The summed E-state index contributed by atoms with van der Waals surface area (Å²) in [7, 11) is 0. The SMILES string of the molecule is CC12CNCC(C)(CN(Cc3ccccc3)C1)C2=O. The molecule has 0 aliphatic carbocycles. The number of piperidine rings is 2. The highest BCUT2D eigenvalue weighted by atomic mass is 16.1. The molecule has 3 heteroatoms. The molecule has 102 valence electrons. The first-order valence-electron chi connectivity index (χ1n) is 7.04. The lowest BCUT2D eigenvalue weighted by Crippen LogP contribution is -2.67. The van der Waals surface area contributed by atoms with Crippen LogP contribution in [0, 0.1) is 10.8 Å². The number of carbonyl (C=O) groups excluding carboxylic acids is 1. The van der Waals surface area contributed by atoms with Gasteiger partial charge in [-0.15, -0.1) is 0 Å². The van der Waals surface area contributed by atoms with Crippen LogP contribution in [0.2, 0.25) is 0 Å². The minimum atomic E-state index is -0.222. The van der Waals surface area contributed by atoms with Gasteiger partial charge in [0.05, 0.1) is 10.8 Å². The summed E-state index contributed by atoms with van der Waals surface area (Å²) in [6.07, 6.45) is 0. The Kier molecular flexibility index (Phi) is 2.99. The number of likely N-dealkylation sites (tertiary alicyclic amines) is 1. The van der Waals surface area contributed by atoms with Gasteiger partial charge in [0.25, 0.3) is 0 Å². The average Bonchev–Trinajstić information content (AvgIpc) is 2.35. The highest BCUT2D eigenvalue weighted by Crippen LogP contribution is 2.39. The number of rotatable bonds is 2. The molecule has 0 amide bonds. The zero-order valence-corrected chi connectivity index (χ0v) is 11.8. The molecule has 3 nitrogen and oxygen atoms in total. The number of benzene rings is 1. The molecule has 1 aromatic rings. The van der Waals surface area contributed by atoms with Gasteiger partial charge in [0.2, 0.25) is 0 Å². The standard InChI is InChI=1S/C16H22N2O/c1-15-9-17-10-16(2,14(15)19)12-18(11-15)8-13-6-4-3-5-7-13/h3-7,17H,8-12H2,1-2H3. The normalized spacial score (nSPS) is 35.4. The average molecular weight is 258 g/mol. The molecule has 2 atom stereocenters. The number of ketones is 1. The molecule has 2 aliphatic rings. The maximum absolute atomic E-state index is 12.6. The second-order valence-corrected chi connectivity index (χ2v) is 6.68. The van der Waals surface area contributed by atoms with E-state index >= 15 is 0 Å². The van der Waals surface area contributed by atoms with E-state index in [0.29, 0.717) is 5.78 Å². The summed E-state index contributed by atoms with van der Waals surface area (Å²) in [5, 5.41) is 3.44. The van der Waals surface area contributed by atoms with Crippen LogP contribution in [0.25, 0.3) is 0 Å². The van der Waals surface area contributed by atoms with E-state index in [4.69, 9.17) is 0 Å². The summed E-state index contributed by atoms with van der Waals surface area (Å²) in [5.41, 5.74) is 0.884. The number of fused-ring (bicyclic) bond motifs is 2. The largest absolute Gasteiger partial charge is 0.315 e. The predicted octanol–water partition coefficient (Wildman–Crippen LogP) is 1.69. The van der Waals surface area contributed by atoms with E-state index in [2.05, 4.69) is 48.3 Å². The Balaban J connectivity index is 1.81. The van der Waals surface area contributed by atoms with Crippen molar-refractivity contribution in [3.63, 3.8) is 0 Å². The molecule has 2 heterocycles. The van der Waals surface area contributed by atoms with Gasteiger partial charge in [0, 0.05) is 32.7 Å². The second kappa shape index (κ2) is 4.43. The van der Waals surface area contributed by atoms with E-state index in [1.165, 1.54) is 5.56 Å². The van der Waals surface area contributed by atoms with Gasteiger partial charge in [-0.1, -0.05) is 44.2 Å². The molecule has 0 saturated carbocycles. The summed E-state index contributed by atoms with van der Waals surface area (Å²) in [6.45, 7) is 8.51. The van der Waals surface area contributed by atoms with Crippen LogP contribution in [0.1, 0.15) is 19.4 Å². The van der Waals surface area contributed by atoms with Crippen LogP contribution in [0.5, 0.6) is 0 Å². The third-order valence-corrected chi connectivity index (χ3v) is 4.52. The Morgan fingerprint density at radius 3 is 2.26 bits per heavy atom. The Morgan fingerprint density at radius 2 is 1.68 bits per heavy atom. The lowest BCUT2D eigenvalue weighted by atomic mass is 9.65. The van der Waals surface area contributed by atoms with E-state index in [-0.39, 0.29) is 10.8 Å². The molecule has 2 bridgehead atoms. The van der Waals surface area contributed by atoms with Gasteiger partial charge in [-0.05, 0) is 5.56 Å². The first-order chi connectivity index (χ1) is 9.02. The van der Waals surface area contributed by atoms with Crippen molar-refractivity contribution in [1.29, 1.82) is 0 Å². The van der Waals surface area contributed by atoms with E-state index in [1.54, 1.807) is 0 Å². The van der Waals surface area contributed by atoms with E-state index in [0.717, 1.165) is 32.7 Å². The second-order valence-electron chi connectivity index (χ2n) is 6.68. The minimum absolute atomic E-state index is 0.222. The highest BCUT2D eigenvalue weighted by molar-refractivity contribution is 5.92. The smallest absolute Gasteiger partial charge is 0.149 e. The first kappa shape index (κ1) is 12.8. The molecule has 0 spiro atoms. The summed E-state index contributed by atoms with van der Waals surface area (Å²) in [4.78, 5) is 15.0. The maximum Gasteiger partial charge on any atom is 0.149 e. The lowest BCUT2D eigenvalue weighted by Gasteiger charge is -2.52. The van der Waals surface area contributed by atoms with Crippen LogP contribution in [-0.2, 0) is 11.3 Å². The molecule has 0 radical (unpaired) electrons. The molecule has 19 heavy (non-hydrogen) atoms. The predicted molar refractivity (Wildman–Crippen MR) is 75.8 cm³/mol. The quantitative estimate of drug-likeness (QED) is 0.876. The highest BCUT2D eigenvalue weighted by Gasteiger charge is 2.53. The van der Waals surface area contributed by atoms with Crippen molar-refractivity contribution in [2.45, 2.75) is 20.4 Å². The van der Waals surface area contributed by atoms with Crippen LogP contribution in [0.15, 0.2) is 30.3 Å². The zero-order valence-electron chi connectivity index (χ0n) is 11.8. The van der Waals surface area contributed by atoms with Gasteiger partial charge >= 0.3 is 0 Å². The molecule has 2 saturated heterocycles. The van der Waals surface area contributed by atoms with Crippen molar-refractivity contribution < 1.29 is 4.79 Å². The Bertz CT molecular complexity index is 465. The summed E-state index contributed by atoms with van der Waals surface area (Å²) < 4.78 is 0. The fraction of sp³-hybridized carbons (Fsp3) is 0.562. The molecule has 1 N–H and O–H groups in total. The summed E-state index contributed by atoms with van der Waals surface area (Å²) >= 11 is 0. The van der Waals surface area contributed by atoms with Crippen LogP contribution in [-0.4, -0.2) is 36.9 Å². The number of carbonyl (C=O) groups is 1. The molecular weight excluding hydrogens is 236 g/mol. The first-order valence-corrected chi connectivity index (χ1v) is 7.04. The van der Waals surface area contributed by atoms with Crippen molar-refractivity contribution in [2.24, 2.45) is 10.8 Å². The molecule has 2 unspecified atom stereocenters. The van der Waals surface area contributed by atoms with Crippen molar-refractivity contribution >= 4 is 5.78 Å². The topological polar surface area (TPSA) is 32.3 Å². The number of hydrogen-bond acceptors (Lipinski definition) is 3. The monoisotopic (exact) mass is 258 g/mol. The van der Waals surface area contributed by atoms with Crippen molar-refractivity contribution in [3.8, 4) is 0 Å². The zero-order chi connectivity index (χ0) is 13.5. The van der Waals surface area contributed by atoms with Gasteiger partial charge in [-0.2, -0.15) is 0 Å². The Labute approximate surface area is 115 Å². The number of nitrogens with zero attached hydrogens (tertiary/aromatic N) is 1. The van der Waals surface area contributed by atoms with Crippen LogP contribution >= 0.6 is 0 Å². The third kappa shape index (κ3) is 2.21. The summed E-state index contributed by atoms with van der Waals surface area (Å²) in [6, 6.07) is 10.5. The number of hydrogen-bond donors (Lipinski definition) is 1. The molecule has 1 aromatic carbocycles. The molecular formula is C16H22N2O. The van der Waals surface area contributed by atoms with Gasteiger partial charge in [-0.25, -0.2) is 0 Å². The molecule has 3 rings (SSSR count). The number of nitrogens with one attached hydrogen (secondary N) is 1. The molecule has 2 aliphatic heterocycles. The molecule has 2 fully saturated rings. The number of Topliss-reactive ketones (excluding diaryl/α,β-unsaturated/α-hetero) is 1. The van der Waals surface area contributed by atoms with Crippen LogP contribution in [0.4, 0.5) is 0 Å². The summed E-state index contributed by atoms with van der Waals surface area (Å²) in [5.74, 6) is 0.447. The van der Waals surface area contributed by atoms with E-state index < -0.39 is 0 Å². The fourth-order valence-corrected chi connectivity index (χ4v) is 3.76. The molecule has 0 aromatic heterocycles. The van der Waals surface area contributed by atoms with Gasteiger partial charge in [-0.3, -0.25) is 9.69 Å². The maximum atomic E-state index is 12.6. The Morgan fingerprint density at radius 1 is 1.11 bits per heavy atom. The van der Waals surface area contributed by atoms with E-state index in [1.807, 2.05) is 6.07 Å². The fourth-order valence-electron chi connectivity index (χ4n) is 3.76. The van der Waals surface area contributed by atoms with Crippen molar-refractivity contribution in [2.75, 3.05) is 26.2 Å². The van der Waals surface area contributed by atoms with Gasteiger partial charge in [0.1, 0.15) is 5.78 Å². The van der Waals surface area contributed by atoms with Crippen LogP contribution < -0.4 is 5.32 Å². The van der Waals surface area contributed by atoms with Crippen LogP contribution in [0.3, 0.4) is 0 Å². The van der Waals surface area contributed by atoms with Gasteiger partial charge in [0.15, 0.2) is 0 Å². The minimum Gasteiger partial charge on any atom is -0.315 e. The lowest BCUT2D eigenvalue weighted by molar-refractivity contribution is -0.150. The van der Waals surface area contributed by atoms with Crippen molar-refractivity contribution in [1.82, 2.24) is 10.2 Å². The third-order valence-electron chi connectivity index (χ3n) is 4.52. The van der Waals surface area contributed by atoms with Gasteiger partial charge < -0.3 is 5.32 Å². The van der Waals surface area contributed by atoms with Crippen molar-refractivity contribution in [3.05, 3.63) is 35.9 Å².